The molecule has 0 fully saturated rings. The van der Waals surface area contributed by atoms with Crippen molar-refractivity contribution in [3.05, 3.63) is 35.0 Å². The molecule has 0 atom stereocenters. The number of nitrogens with one attached hydrogen (secondary N) is 1. The van der Waals surface area contributed by atoms with Gasteiger partial charge in [0.25, 0.3) is 0 Å². The summed E-state index contributed by atoms with van der Waals surface area (Å²) in [6, 6.07) is 7.58. The van der Waals surface area contributed by atoms with E-state index in [1.165, 1.54) is 0 Å². The number of rotatable bonds is 3. The fourth-order valence-electron chi connectivity index (χ4n) is 2.75. The average molecular weight is 322 g/mol. The average Bonchev–Trinajstić information content (AvgIpc) is 2.82. The van der Waals surface area contributed by atoms with Crippen LogP contribution in [0.1, 0.15) is 12.1 Å². The fourth-order valence-corrected chi connectivity index (χ4v) is 2.93. The van der Waals surface area contributed by atoms with Gasteiger partial charge in [-0.1, -0.05) is 11.6 Å². The molecule has 1 aliphatic heterocycles. The van der Waals surface area contributed by atoms with E-state index in [-0.39, 0.29) is 19.0 Å². The van der Waals surface area contributed by atoms with Gasteiger partial charge in [0.1, 0.15) is 0 Å². The van der Waals surface area contributed by atoms with Crippen LogP contribution in [0, 0.1) is 0 Å². The molecule has 2 heterocycles. The second kappa shape index (κ2) is 5.88. The van der Waals surface area contributed by atoms with E-state index in [9.17, 15) is 9.59 Å². The number of carboxylic acids is 1. The Kier molecular flexibility index (Phi) is 3.94. The zero-order valence-corrected chi connectivity index (χ0v) is 12.6. The first-order chi connectivity index (χ1) is 10.5. The molecule has 7 heteroatoms. The molecule has 1 aromatic carbocycles. The van der Waals surface area contributed by atoms with Crippen LogP contribution in [-0.2, 0) is 17.9 Å². The number of carboxylic acid groups (broad SMARTS) is 1. The summed E-state index contributed by atoms with van der Waals surface area (Å²) in [6.45, 7) is 1.96. The van der Waals surface area contributed by atoms with Crippen molar-refractivity contribution >= 4 is 34.5 Å². The van der Waals surface area contributed by atoms with Gasteiger partial charge in [-0.05, 0) is 24.3 Å². The summed E-state index contributed by atoms with van der Waals surface area (Å²) in [6.07, 6.45) is -0.0711. The maximum atomic E-state index is 12.1. The number of fused-ring (bicyclic) bond motifs is 3. The van der Waals surface area contributed by atoms with Crippen LogP contribution in [-0.4, -0.2) is 39.7 Å². The van der Waals surface area contributed by atoms with Crippen molar-refractivity contribution in [3.8, 4) is 0 Å². The smallest absolute Gasteiger partial charge is 0.317 e. The Morgan fingerprint density at radius 2 is 2.09 bits per heavy atom. The van der Waals surface area contributed by atoms with Crippen LogP contribution in [0.15, 0.2) is 24.3 Å². The third kappa shape index (κ3) is 2.87. The molecule has 0 unspecified atom stereocenters. The number of carbonyl (C=O) groups excluding carboxylic acids is 1. The lowest BCUT2D eigenvalue weighted by molar-refractivity contribution is -0.136. The van der Waals surface area contributed by atoms with Gasteiger partial charge in [-0.2, -0.15) is 0 Å². The van der Waals surface area contributed by atoms with Gasteiger partial charge in [-0.25, -0.2) is 4.79 Å². The molecule has 0 spiro atoms. The minimum atomic E-state index is -0.920. The minimum Gasteiger partial charge on any atom is -0.481 e. The standard InChI is InChI=1S/C15H16ClN3O3/c16-11-1-2-13-10(7-11)8-12-9-18(5-6-19(12)13)15(22)17-4-3-14(20)21/h1-2,7-8H,3-6,9H2,(H,17,22)(H,20,21). The number of hydrogen-bond acceptors (Lipinski definition) is 2. The summed E-state index contributed by atoms with van der Waals surface area (Å²) in [5.41, 5.74) is 2.17. The van der Waals surface area contributed by atoms with Crippen LogP contribution in [0.3, 0.4) is 0 Å². The first-order valence-electron chi connectivity index (χ1n) is 7.07. The van der Waals surface area contributed by atoms with Gasteiger partial charge < -0.3 is 19.9 Å². The van der Waals surface area contributed by atoms with Crippen molar-refractivity contribution < 1.29 is 14.7 Å². The molecule has 3 rings (SSSR count). The Bertz CT molecular complexity index is 741. The predicted molar refractivity (Wildman–Crippen MR) is 83.0 cm³/mol. The normalized spacial score (nSPS) is 14.0. The van der Waals surface area contributed by atoms with E-state index in [0.29, 0.717) is 24.7 Å². The third-order valence-corrected chi connectivity index (χ3v) is 4.03. The van der Waals surface area contributed by atoms with Gasteiger partial charge in [-0.15, -0.1) is 0 Å². The van der Waals surface area contributed by atoms with E-state index in [2.05, 4.69) is 9.88 Å². The fraction of sp³-hybridized carbons (Fsp3) is 0.333. The van der Waals surface area contributed by atoms with Crippen molar-refractivity contribution in [2.75, 3.05) is 13.1 Å². The summed E-state index contributed by atoms with van der Waals surface area (Å²) in [4.78, 5) is 24.2. The van der Waals surface area contributed by atoms with Gasteiger partial charge >= 0.3 is 12.0 Å². The number of carbonyl (C=O) groups is 2. The summed E-state index contributed by atoms with van der Waals surface area (Å²) in [5, 5.41) is 13.0. The highest BCUT2D eigenvalue weighted by atomic mass is 35.5. The maximum Gasteiger partial charge on any atom is 0.317 e. The quantitative estimate of drug-likeness (QED) is 0.911. The number of nitrogens with zero attached hydrogens (tertiary/aromatic N) is 2. The summed E-state index contributed by atoms with van der Waals surface area (Å²) >= 11 is 6.01. The number of hydrogen-bond donors (Lipinski definition) is 2. The summed E-state index contributed by atoms with van der Waals surface area (Å²) in [5.74, 6) is -0.920. The Labute approximate surface area is 132 Å². The lowest BCUT2D eigenvalue weighted by atomic mass is 10.2. The minimum absolute atomic E-state index is 0.0711. The number of aromatic nitrogens is 1. The van der Waals surface area contributed by atoms with Crippen molar-refractivity contribution in [3.63, 3.8) is 0 Å². The van der Waals surface area contributed by atoms with Crippen molar-refractivity contribution in [1.29, 1.82) is 0 Å². The molecule has 2 amide bonds. The Hall–Kier alpha value is -2.21. The molecule has 0 radical (unpaired) electrons. The molecule has 0 bridgehead atoms. The van der Waals surface area contributed by atoms with Crippen LogP contribution in [0.2, 0.25) is 5.02 Å². The number of amides is 2. The van der Waals surface area contributed by atoms with E-state index >= 15 is 0 Å². The lowest BCUT2D eigenvalue weighted by Gasteiger charge is -2.29. The third-order valence-electron chi connectivity index (χ3n) is 3.80. The lowest BCUT2D eigenvalue weighted by Crippen LogP contribution is -2.44. The number of aliphatic carboxylic acids is 1. The summed E-state index contributed by atoms with van der Waals surface area (Å²) in [7, 11) is 0. The van der Waals surface area contributed by atoms with Crippen LogP contribution >= 0.6 is 11.6 Å². The molecule has 0 saturated carbocycles. The van der Waals surface area contributed by atoms with Crippen LogP contribution in [0.25, 0.3) is 10.9 Å². The number of urea groups is 1. The van der Waals surface area contributed by atoms with E-state index < -0.39 is 5.97 Å². The Morgan fingerprint density at radius 3 is 2.86 bits per heavy atom. The molecular weight excluding hydrogens is 306 g/mol. The van der Waals surface area contributed by atoms with Crippen LogP contribution in [0.4, 0.5) is 4.79 Å². The van der Waals surface area contributed by atoms with Gasteiger partial charge in [0.15, 0.2) is 0 Å². The number of benzene rings is 1. The van der Waals surface area contributed by atoms with Gasteiger partial charge in [0.05, 0.1) is 13.0 Å². The number of halogens is 1. The molecule has 22 heavy (non-hydrogen) atoms. The molecule has 0 saturated heterocycles. The Morgan fingerprint density at radius 1 is 1.27 bits per heavy atom. The molecule has 0 aliphatic carbocycles. The van der Waals surface area contributed by atoms with Crippen molar-refractivity contribution in [1.82, 2.24) is 14.8 Å². The Balaban J connectivity index is 1.72. The van der Waals surface area contributed by atoms with E-state index in [1.807, 2.05) is 24.3 Å². The molecule has 1 aromatic heterocycles. The van der Waals surface area contributed by atoms with Crippen molar-refractivity contribution in [2.24, 2.45) is 0 Å². The first kappa shape index (κ1) is 14.7. The molecule has 1 aliphatic rings. The van der Waals surface area contributed by atoms with Crippen LogP contribution in [0.5, 0.6) is 0 Å². The molecule has 2 N–H and O–H groups in total. The van der Waals surface area contributed by atoms with E-state index in [0.717, 1.165) is 16.6 Å². The second-order valence-electron chi connectivity index (χ2n) is 5.29. The molecule has 6 nitrogen and oxygen atoms in total. The van der Waals surface area contributed by atoms with Crippen LogP contribution < -0.4 is 5.32 Å². The topological polar surface area (TPSA) is 74.6 Å². The molecular formula is C15H16ClN3O3. The van der Waals surface area contributed by atoms with Crippen molar-refractivity contribution in [2.45, 2.75) is 19.5 Å². The highest BCUT2D eigenvalue weighted by Gasteiger charge is 2.22. The second-order valence-corrected chi connectivity index (χ2v) is 5.72. The highest BCUT2D eigenvalue weighted by molar-refractivity contribution is 6.31. The summed E-state index contributed by atoms with van der Waals surface area (Å²) < 4.78 is 2.19. The molecule has 2 aromatic rings. The predicted octanol–water partition coefficient (Wildman–Crippen LogP) is 2.29. The van der Waals surface area contributed by atoms with Gasteiger partial charge in [-0.3, -0.25) is 4.79 Å². The zero-order valence-electron chi connectivity index (χ0n) is 11.9. The first-order valence-corrected chi connectivity index (χ1v) is 7.44. The van der Waals surface area contributed by atoms with Gasteiger partial charge in [0, 0.05) is 41.3 Å². The highest BCUT2D eigenvalue weighted by Crippen LogP contribution is 2.26. The maximum absolute atomic E-state index is 12.1. The largest absolute Gasteiger partial charge is 0.481 e. The monoisotopic (exact) mass is 321 g/mol. The van der Waals surface area contributed by atoms with Gasteiger partial charge in [0.2, 0.25) is 0 Å². The zero-order chi connectivity index (χ0) is 15.7. The van der Waals surface area contributed by atoms with E-state index in [1.54, 1.807) is 4.90 Å². The van der Waals surface area contributed by atoms with E-state index in [4.69, 9.17) is 16.7 Å². The molecule has 116 valence electrons. The SMILES string of the molecule is O=C(O)CCNC(=O)N1CCn2c(cc3cc(Cl)ccc32)C1.